The zero-order chi connectivity index (χ0) is 13.7. The SMILES string of the molecule is COc1ccc(CN(CC2CCCN2)C(C)C)cc1. The van der Waals surface area contributed by atoms with Crippen molar-refractivity contribution in [1.29, 1.82) is 0 Å². The molecule has 3 nitrogen and oxygen atoms in total. The number of nitrogens with zero attached hydrogens (tertiary/aromatic N) is 1. The summed E-state index contributed by atoms with van der Waals surface area (Å²) in [5.74, 6) is 0.928. The minimum Gasteiger partial charge on any atom is -0.497 e. The van der Waals surface area contributed by atoms with E-state index in [1.807, 2.05) is 12.1 Å². The first kappa shape index (κ1) is 14.4. The van der Waals surface area contributed by atoms with Gasteiger partial charge in [0.2, 0.25) is 0 Å². The molecule has 0 radical (unpaired) electrons. The topological polar surface area (TPSA) is 24.5 Å². The van der Waals surface area contributed by atoms with Crippen molar-refractivity contribution in [3.63, 3.8) is 0 Å². The number of hydrogen-bond acceptors (Lipinski definition) is 3. The van der Waals surface area contributed by atoms with Crippen LogP contribution in [0.4, 0.5) is 0 Å². The van der Waals surface area contributed by atoms with E-state index in [-0.39, 0.29) is 0 Å². The Kier molecular flexibility index (Phi) is 5.23. The maximum Gasteiger partial charge on any atom is 0.118 e. The average Bonchev–Trinajstić information content (AvgIpc) is 2.91. The summed E-state index contributed by atoms with van der Waals surface area (Å²) >= 11 is 0. The van der Waals surface area contributed by atoms with Gasteiger partial charge in [0.15, 0.2) is 0 Å². The molecule has 2 rings (SSSR count). The first-order valence-electron chi connectivity index (χ1n) is 7.29. The number of rotatable bonds is 6. The van der Waals surface area contributed by atoms with Gasteiger partial charge in [-0.05, 0) is 50.9 Å². The summed E-state index contributed by atoms with van der Waals surface area (Å²) in [5, 5.41) is 3.58. The highest BCUT2D eigenvalue weighted by Crippen LogP contribution is 2.16. The average molecular weight is 262 g/mol. The van der Waals surface area contributed by atoms with Gasteiger partial charge in [-0.3, -0.25) is 4.90 Å². The molecule has 1 atom stereocenters. The summed E-state index contributed by atoms with van der Waals surface area (Å²) in [6.07, 6.45) is 2.63. The second-order valence-corrected chi connectivity index (χ2v) is 5.66. The third-order valence-electron chi connectivity index (χ3n) is 3.89. The van der Waals surface area contributed by atoms with Crippen LogP contribution in [0.3, 0.4) is 0 Å². The van der Waals surface area contributed by atoms with Crippen molar-refractivity contribution >= 4 is 0 Å². The van der Waals surface area contributed by atoms with Gasteiger partial charge >= 0.3 is 0 Å². The molecule has 1 heterocycles. The summed E-state index contributed by atoms with van der Waals surface area (Å²) in [6.45, 7) is 7.89. The van der Waals surface area contributed by atoms with Crippen LogP contribution in [0, 0.1) is 0 Å². The normalized spacial score (nSPS) is 19.3. The lowest BCUT2D eigenvalue weighted by atomic mass is 10.1. The van der Waals surface area contributed by atoms with Gasteiger partial charge in [-0.15, -0.1) is 0 Å². The quantitative estimate of drug-likeness (QED) is 0.853. The number of benzene rings is 1. The molecule has 19 heavy (non-hydrogen) atoms. The minimum absolute atomic E-state index is 0.574. The van der Waals surface area contributed by atoms with Crippen molar-refractivity contribution in [1.82, 2.24) is 10.2 Å². The summed E-state index contributed by atoms with van der Waals surface area (Å²) in [4.78, 5) is 2.55. The van der Waals surface area contributed by atoms with Crippen LogP contribution < -0.4 is 10.1 Å². The van der Waals surface area contributed by atoms with Crippen LogP contribution in [0.15, 0.2) is 24.3 Å². The van der Waals surface area contributed by atoms with E-state index < -0.39 is 0 Å². The lowest BCUT2D eigenvalue weighted by molar-refractivity contribution is 0.194. The Hall–Kier alpha value is -1.06. The van der Waals surface area contributed by atoms with Crippen LogP contribution >= 0.6 is 0 Å². The molecule has 1 saturated heterocycles. The van der Waals surface area contributed by atoms with Gasteiger partial charge in [-0.2, -0.15) is 0 Å². The molecule has 3 heteroatoms. The molecule has 0 amide bonds. The highest BCUT2D eigenvalue weighted by molar-refractivity contribution is 5.27. The maximum atomic E-state index is 5.21. The monoisotopic (exact) mass is 262 g/mol. The zero-order valence-corrected chi connectivity index (χ0v) is 12.4. The van der Waals surface area contributed by atoms with E-state index in [4.69, 9.17) is 4.74 Å². The van der Waals surface area contributed by atoms with Gasteiger partial charge in [0.1, 0.15) is 5.75 Å². The third-order valence-corrected chi connectivity index (χ3v) is 3.89. The van der Waals surface area contributed by atoms with Crippen LogP contribution in [0.2, 0.25) is 0 Å². The number of ether oxygens (including phenoxy) is 1. The van der Waals surface area contributed by atoms with Gasteiger partial charge in [0.25, 0.3) is 0 Å². The van der Waals surface area contributed by atoms with Crippen molar-refractivity contribution in [2.45, 2.75) is 45.3 Å². The first-order chi connectivity index (χ1) is 9.19. The fourth-order valence-corrected chi connectivity index (χ4v) is 2.62. The van der Waals surface area contributed by atoms with Gasteiger partial charge in [-0.25, -0.2) is 0 Å². The lowest BCUT2D eigenvalue weighted by Gasteiger charge is -2.29. The molecule has 1 aromatic carbocycles. The predicted molar refractivity (Wildman–Crippen MR) is 79.6 cm³/mol. The molecule has 1 aromatic rings. The first-order valence-corrected chi connectivity index (χ1v) is 7.29. The summed E-state index contributed by atoms with van der Waals surface area (Å²) in [6, 6.07) is 9.65. The molecule has 0 aromatic heterocycles. The molecule has 1 N–H and O–H groups in total. The molecule has 1 aliphatic rings. The summed E-state index contributed by atoms with van der Waals surface area (Å²) in [7, 11) is 1.71. The molecule has 1 aliphatic heterocycles. The summed E-state index contributed by atoms with van der Waals surface area (Å²) in [5.41, 5.74) is 1.35. The highest BCUT2D eigenvalue weighted by atomic mass is 16.5. The van der Waals surface area contributed by atoms with E-state index in [1.165, 1.54) is 24.9 Å². The Balaban J connectivity index is 1.94. The fourth-order valence-electron chi connectivity index (χ4n) is 2.62. The molecular weight excluding hydrogens is 236 g/mol. The molecule has 0 aliphatic carbocycles. The van der Waals surface area contributed by atoms with E-state index >= 15 is 0 Å². The largest absolute Gasteiger partial charge is 0.497 e. The van der Waals surface area contributed by atoms with Crippen molar-refractivity contribution in [3.8, 4) is 5.75 Å². The standard InChI is InChI=1S/C16H26N2O/c1-13(2)18(12-15-5-4-10-17-15)11-14-6-8-16(19-3)9-7-14/h6-9,13,15,17H,4-5,10-12H2,1-3H3. The van der Waals surface area contributed by atoms with Crippen LogP contribution in [0.25, 0.3) is 0 Å². The second-order valence-electron chi connectivity index (χ2n) is 5.66. The Bertz CT molecular complexity index is 369. The van der Waals surface area contributed by atoms with Crippen LogP contribution in [-0.2, 0) is 6.54 Å². The smallest absolute Gasteiger partial charge is 0.118 e. The van der Waals surface area contributed by atoms with Crippen LogP contribution in [0.5, 0.6) is 5.75 Å². The Labute approximate surface area is 116 Å². The second kappa shape index (κ2) is 6.92. The number of methoxy groups -OCH3 is 1. The minimum atomic E-state index is 0.574. The number of nitrogens with one attached hydrogen (secondary N) is 1. The van der Waals surface area contributed by atoms with Crippen molar-refractivity contribution < 1.29 is 4.74 Å². The van der Waals surface area contributed by atoms with Crippen molar-refractivity contribution in [3.05, 3.63) is 29.8 Å². The van der Waals surface area contributed by atoms with E-state index in [9.17, 15) is 0 Å². The Morgan fingerprint density at radius 3 is 2.58 bits per heavy atom. The Morgan fingerprint density at radius 1 is 1.32 bits per heavy atom. The van der Waals surface area contributed by atoms with Crippen molar-refractivity contribution in [2.24, 2.45) is 0 Å². The van der Waals surface area contributed by atoms with Gasteiger partial charge in [0.05, 0.1) is 7.11 Å². The zero-order valence-electron chi connectivity index (χ0n) is 12.4. The van der Waals surface area contributed by atoms with E-state index in [2.05, 4.69) is 36.2 Å². The van der Waals surface area contributed by atoms with Crippen LogP contribution in [0.1, 0.15) is 32.3 Å². The van der Waals surface area contributed by atoms with Gasteiger partial charge < -0.3 is 10.1 Å². The van der Waals surface area contributed by atoms with Gasteiger partial charge in [0, 0.05) is 25.2 Å². The highest BCUT2D eigenvalue weighted by Gasteiger charge is 2.19. The number of hydrogen-bond donors (Lipinski definition) is 1. The van der Waals surface area contributed by atoms with Crippen LogP contribution in [-0.4, -0.2) is 37.2 Å². The molecule has 1 fully saturated rings. The molecule has 0 bridgehead atoms. The lowest BCUT2D eigenvalue weighted by Crippen LogP contribution is -2.40. The molecular formula is C16H26N2O. The predicted octanol–water partition coefficient (Wildman–Crippen LogP) is 2.66. The Morgan fingerprint density at radius 2 is 2.05 bits per heavy atom. The molecule has 106 valence electrons. The third kappa shape index (κ3) is 4.22. The molecule has 1 unspecified atom stereocenters. The molecule has 0 spiro atoms. The van der Waals surface area contributed by atoms with E-state index in [1.54, 1.807) is 7.11 Å². The fraction of sp³-hybridized carbons (Fsp3) is 0.625. The molecule has 0 saturated carbocycles. The van der Waals surface area contributed by atoms with E-state index in [0.29, 0.717) is 12.1 Å². The van der Waals surface area contributed by atoms with E-state index in [0.717, 1.165) is 18.8 Å². The van der Waals surface area contributed by atoms with Gasteiger partial charge in [-0.1, -0.05) is 12.1 Å². The van der Waals surface area contributed by atoms with Crippen molar-refractivity contribution in [2.75, 3.05) is 20.2 Å². The summed E-state index contributed by atoms with van der Waals surface area (Å²) < 4.78 is 5.21. The maximum absolute atomic E-state index is 5.21.